The van der Waals surface area contributed by atoms with E-state index in [0.717, 1.165) is 11.3 Å². The Morgan fingerprint density at radius 1 is 1.12 bits per heavy atom. The van der Waals surface area contributed by atoms with E-state index in [0.29, 0.717) is 0 Å². The molecule has 0 heterocycles. The fraction of sp³-hybridized carbons (Fsp3) is 0.125. The maximum Gasteiger partial charge on any atom is 0.272 e. The third-order valence-corrected chi connectivity index (χ3v) is 4.20. The number of hydrogen-bond donors (Lipinski definition) is 2. The number of benzene rings is 2. The van der Waals surface area contributed by atoms with Crippen molar-refractivity contribution in [2.75, 3.05) is 19.0 Å². The van der Waals surface area contributed by atoms with E-state index in [1.165, 1.54) is 24.4 Å². The van der Waals surface area contributed by atoms with Gasteiger partial charge in [-0.15, -0.1) is 0 Å². The molecule has 0 aliphatic rings. The van der Waals surface area contributed by atoms with E-state index in [4.69, 9.17) is 5.14 Å². The fourth-order valence-electron chi connectivity index (χ4n) is 1.99. The van der Waals surface area contributed by atoms with Crippen LogP contribution in [-0.2, 0) is 10.0 Å². The molecule has 2 rings (SSSR count). The molecule has 0 radical (unpaired) electrons. The molecule has 0 aromatic heterocycles. The lowest BCUT2D eigenvalue weighted by molar-refractivity contribution is 0.0952. The Labute approximate surface area is 140 Å². The molecule has 126 valence electrons. The molecule has 0 fully saturated rings. The summed E-state index contributed by atoms with van der Waals surface area (Å²) in [6, 6.07) is 13.2. The Hall–Kier alpha value is -2.71. The summed E-state index contributed by atoms with van der Waals surface area (Å²) in [7, 11) is -0.112. The van der Waals surface area contributed by atoms with Crippen molar-refractivity contribution in [1.29, 1.82) is 0 Å². The molecule has 0 unspecified atom stereocenters. The molecule has 0 atom stereocenters. The average molecular weight is 346 g/mol. The Morgan fingerprint density at radius 3 is 2.33 bits per heavy atom. The van der Waals surface area contributed by atoms with Crippen LogP contribution in [0.4, 0.5) is 5.69 Å². The Bertz CT molecular complexity index is 859. The number of amides is 1. The molecule has 0 spiro atoms. The van der Waals surface area contributed by atoms with Crippen molar-refractivity contribution in [2.24, 2.45) is 10.2 Å². The number of hydrogen-bond acceptors (Lipinski definition) is 5. The molecule has 0 saturated heterocycles. The highest BCUT2D eigenvalue weighted by molar-refractivity contribution is 7.89. The third kappa shape index (κ3) is 4.40. The average Bonchev–Trinajstić information content (AvgIpc) is 2.54. The first-order chi connectivity index (χ1) is 11.3. The highest BCUT2D eigenvalue weighted by atomic mass is 32.2. The number of nitrogens with zero attached hydrogens (tertiary/aromatic N) is 2. The fourth-order valence-corrected chi connectivity index (χ4v) is 2.72. The summed E-state index contributed by atoms with van der Waals surface area (Å²) in [5.41, 5.74) is 4.07. The minimum absolute atomic E-state index is 0.0555. The molecule has 24 heavy (non-hydrogen) atoms. The molecule has 8 heteroatoms. The first kappa shape index (κ1) is 17.6. The van der Waals surface area contributed by atoms with Crippen LogP contribution in [0.5, 0.6) is 0 Å². The molecule has 0 aliphatic heterocycles. The van der Waals surface area contributed by atoms with E-state index in [-0.39, 0.29) is 10.5 Å². The monoisotopic (exact) mass is 346 g/mol. The van der Waals surface area contributed by atoms with Gasteiger partial charge in [0.2, 0.25) is 10.0 Å². The van der Waals surface area contributed by atoms with Gasteiger partial charge in [-0.05, 0) is 29.8 Å². The summed E-state index contributed by atoms with van der Waals surface area (Å²) in [6.07, 6.45) is 1.47. The number of hydrazone groups is 1. The molecule has 0 saturated carbocycles. The third-order valence-electron chi connectivity index (χ3n) is 3.23. The van der Waals surface area contributed by atoms with Crippen molar-refractivity contribution in [1.82, 2.24) is 5.43 Å². The summed E-state index contributed by atoms with van der Waals surface area (Å²) < 4.78 is 23.0. The Balaban J connectivity index is 2.11. The molecule has 7 nitrogen and oxygen atoms in total. The predicted molar refractivity (Wildman–Crippen MR) is 93.6 cm³/mol. The van der Waals surface area contributed by atoms with Gasteiger partial charge in [-0.1, -0.05) is 24.3 Å². The molecule has 1 amide bonds. The van der Waals surface area contributed by atoms with Gasteiger partial charge in [0.25, 0.3) is 5.91 Å². The van der Waals surface area contributed by atoms with E-state index in [1.807, 2.05) is 43.3 Å². The zero-order chi connectivity index (χ0) is 17.7. The first-order valence-corrected chi connectivity index (χ1v) is 8.56. The van der Waals surface area contributed by atoms with Gasteiger partial charge in [0, 0.05) is 19.8 Å². The summed E-state index contributed by atoms with van der Waals surface area (Å²) in [5.74, 6) is -0.652. The molecule has 0 bridgehead atoms. The van der Waals surface area contributed by atoms with Gasteiger partial charge in [0.05, 0.1) is 16.7 Å². The Kier molecular flexibility index (Phi) is 5.32. The van der Waals surface area contributed by atoms with Crippen LogP contribution in [-0.4, -0.2) is 34.6 Å². The summed E-state index contributed by atoms with van der Waals surface area (Å²) in [5, 5.41) is 8.95. The number of carbonyl (C=O) groups excluding carboxylic acids is 1. The van der Waals surface area contributed by atoms with Gasteiger partial charge in [0.15, 0.2) is 0 Å². The summed E-state index contributed by atoms with van der Waals surface area (Å²) in [6.45, 7) is 0. The van der Waals surface area contributed by atoms with Crippen molar-refractivity contribution < 1.29 is 13.2 Å². The van der Waals surface area contributed by atoms with E-state index in [1.54, 1.807) is 6.07 Å². The highest BCUT2D eigenvalue weighted by Gasteiger charge is 2.18. The zero-order valence-corrected chi connectivity index (χ0v) is 14.1. The normalized spacial score (nSPS) is 11.5. The predicted octanol–water partition coefficient (Wildman–Crippen LogP) is 1.16. The Morgan fingerprint density at radius 2 is 1.75 bits per heavy atom. The maximum atomic E-state index is 12.1. The maximum absolute atomic E-state index is 12.1. The molecular formula is C16H18N4O3S. The van der Waals surface area contributed by atoms with E-state index < -0.39 is 15.9 Å². The minimum atomic E-state index is -3.99. The largest absolute Gasteiger partial charge is 0.378 e. The van der Waals surface area contributed by atoms with Crippen LogP contribution in [0.2, 0.25) is 0 Å². The van der Waals surface area contributed by atoms with E-state index >= 15 is 0 Å². The van der Waals surface area contributed by atoms with Crippen LogP contribution in [0.1, 0.15) is 15.9 Å². The number of rotatable bonds is 5. The lowest BCUT2D eigenvalue weighted by Gasteiger charge is -2.11. The van der Waals surface area contributed by atoms with Gasteiger partial charge in [-0.2, -0.15) is 5.10 Å². The SMILES string of the molecule is CN(C)c1ccc(/C=N/NC(=O)c2ccccc2S(N)(=O)=O)cc1. The second kappa shape index (κ2) is 7.24. The lowest BCUT2D eigenvalue weighted by Crippen LogP contribution is -2.23. The van der Waals surface area contributed by atoms with E-state index in [9.17, 15) is 13.2 Å². The first-order valence-electron chi connectivity index (χ1n) is 7.01. The molecule has 2 aromatic carbocycles. The van der Waals surface area contributed by atoms with Gasteiger partial charge in [-0.3, -0.25) is 4.79 Å². The number of nitrogens with two attached hydrogens (primary N) is 1. The molecule has 2 aromatic rings. The van der Waals surface area contributed by atoms with Crippen molar-refractivity contribution in [3.63, 3.8) is 0 Å². The summed E-state index contributed by atoms with van der Waals surface area (Å²) >= 11 is 0. The second-order valence-electron chi connectivity index (χ2n) is 5.23. The van der Waals surface area contributed by atoms with Crippen LogP contribution in [0.15, 0.2) is 58.5 Å². The molecule has 0 aliphatic carbocycles. The van der Waals surface area contributed by atoms with Crippen LogP contribution < -0.4 is 15.5 Å². The highest BCUT2D eigenvalue weighted by Crippen LogP contribution is 2.13. The second-order valence-corrected chi connectivity index (χ2v) is 6.76. The topological polar surface area (TPSA) is 105 Å². The van der Waals surface area contributed by atoms with Crippen molar-refractivity contribution in [3.05, 3.63) is 59.7 Å². The van der Waals surface area contributed by atoms with Gasteiger partial charge in [0.1, 0.15) is 0 Å². The number of sulfonamides is 1. The van der Waals surface area contributed by atoms with Crippen molar-refractivity contribution in [2.45, 2.75) is 4.90 Å². The van der Waals surface area contributed by atoms with Crippen LogP contribution in [0, 0.1) is 0 Å². The summed E-state index contributed by atoms with van der Waals surface area (Å²) in [4.78, 5) is 13.8. The van der Waals surface area contributed by atoms with Crippen molar-refractivity contribution in [3.8, 4) is 0 Å². The van der Waals surface area contributed by atoms with E-state index in [2.05, 4.69) is 10.5 Å². The zero-order valence-electron chi connectivity index (χ0n) is 13.3. The van der Waals surface area contributed by atoms with Gasteiger partial charge in [-0.25, -0.2) is 19.0 Å². The minimum Gasteiger partial charge on any atom is -0.378 e. The smallest absolute Gasteiger partial charge is 0.272 e. The number of primary sulfonamides is 1. The van der Waals surface area contributed by atoms with Crippen LogP contribution in [0.3, 0.4) is 0 Å². The quantitative estimate of drug-likeness (QED) is 0.626. The van der Waals surface area contributed by atoms with Crippen LogP contribution >= 0.6 is 0 Å². The standard InChI is InChI=1S/C16H18N4O3S/c1-20(2)13-9-7-12(8-10-13)11-18-19-16(21)14-5-3-4-6-15(14)24(17,22)23/h3-11H,1-2H3,(H,19,21)(H2,17,22,23)/b18-11+. The molecular weight excluding hydrogens is 328 g/mol. The molecule has 3 N–H and O–H groups in total. The number of carbonyl (C=O) groups is 1. The lowest BCUT2D eigenvalue weighted by atomic mass is 10.2. The van der Waals surface area contributed by atoms with Crippen LogP contribution in [0.25, 0.3) is 0 Å². The van der Waals surface area contributed by atoms with Gasteiger partial charge < -0.3 is 4.90 Å². The number of nitrogens with one attached hydrogen (secondary N) is 1. The van der Waals surface area contributed by atoms with Crippen molar-refractivity contribution >= 4 is 27.8 Å². The van der Waals surface area contributed by atoms with Gasteiger partial charge >= 0.3 is 0 Å². The number of anilines is 1.